The lowest BCUT2D eigenvalue weighted by molar-refractivity contribution is 0.0770. The molecule has 0 N–H and O–H groups in total. The highest BCUT2D eigenvalue weighted by Gasteiger charge is 2.31. The smallest absolute Gasteiger partial charge is 0.274 e. The molecular formula is C90H79ClF5N17O10. The molecule has 0 unspecified atom stereocenters. The minimum Gasteiger partial charge on any atom is -0.493 e. The van der Waals surface area contributed by atoms with Crippen molar-refractivity contribution < 1.29 is 69.6 Å². The fourth-order valence-corrected chi connectivity index (χ4v) is 13.5. The van der Waals surface area contributed by atoms with Gasteiger partial charge in [-0.15, -0.1) is 0 Å². The maximum atomic E-state index is 13.4. The van der Waals surface area contributed by atoms with Crippen LogP contribution in [0.25, 0.3) is 0 Å². The molecule has 5 aromatic heterocycles. The Morgan fingerprint density at radius 3 is 1.13 bits per heavy atom. The predicted octanol–water partition coefficient (Wildman–Crippen LogP) is 14.8. The van der Waals surface area contributed by atoms with Crippen LogP contribution in [-0.4, -0.2) is 186 Å². The van der Waals surface area contributed by atoms with E-state index in [0.29, 0.717) is 134 Å². The topological polar surface area (TPSA) is 284 Å². The van der Waals surface area contributed by atoms with Crippen molar-refractivity contribution in [1.82, 2.24) is 59.6 Å². The number of halogens is 6. The zero-order valence-electron chi connectivity index (χ0n) is 67.0. The quantitative estimate of drug-likeness (QED) is 0.0680. The highest BCUT2D eigenvalue weighted by Crippen LogP contribution is 2.41. The van der Waals surface area contributed by atoms with E-state index in [9.17, 15) is 45.9 Å². The Hall–Kier alpha value is -15.0. The van der Waals surface area contributed by atoms with E-state index >= 15 is 0 Å². The van der Waals surface area contributed by atoms with E-state index < -0.39 is 29.1 Å². The molecule has 0 bridgehead atoms. The number of carbonyl (C=O) groups is 5. The van der Waals surface area contributed by atoms with Crippen molar-refractivity contribution in [3.05, 3.63) is 345 Å². The Kier molecular flexibility index (Phi) is 28.4. The first-order valence-electron chi connectivity index (χ1n) is 38.4. The number of aromatic nitrogens is 7. The van der Waals surface area contributed by atoms with Gasteiger partial charge in [0.1, 0.15) is 34.1 Å². The van der Waals surface area contributed by atoms with Crippen LogP contribution in [0.4, 0.5) is 22.0 Å². The van der Waals surface area contributed by atoms with Crippen molar-refractivity contribution in [3.8, 4) is 29.0 Å². The second-order valence-electron chi connectivity index (χ2n) is 27.6. The second-order valence-corrected chi connectivity index (χ2v) is 28.0. The summed E-state index contributed by atoms with van der Waals surface area (Å²) in [7, 11) is 7.64. The average molecular weight is 1690 g/mol. The number of ether oxygens (including phenoxy) is 5. The van der Waals surface area contributed by atoms with Crippen molar-refractivity contribution in [2.24, 2.45) is 25.5 Å². The summed E-state index contributed by atoms with van der Waals surface area (Å²) < 4.78 is 96.4. The van der Waals surface area contributed by atoms with Gasteiger partial charge in [0.2, 0.25) is 17.5 Å². The maximum absolute atomic E-state index is 13.4. The molecule has 0 saturated heterocycles. The molecule has 7 aromatic carbocycles. The lowest BCUT2D eigenvalue weighted by Gasteiger charge is -2.15. The molecule has 27 nitrogen and oxygen atoms in total. The predicted molar refractivity (Wildman–Crippen MR) is 449 cm³/mol. The third kappa shape index (κ3) is 21.9. The molecule has 5 amide bonds. The van der Waals surface area contributed by atoms with Crippen molar-refractivity contribution >= 4 is 69.7 Å². The van der Waals surface area contributed by atoms with E-state index in [-0.39, 0.29) is 46.2 Å². The SMILES string of the molecule is COc1cc(C2=NN(C(=O)c3cccc(F)c3)CC2)ccn1.COc1ccc(C2=NN(C(=O)c3cccc(F)c3)CC2)c(OC)c1OC.COc1ncc(C2=NN(C(=O)c3cccc(F)c3)CC2)cc1Cl.O=C(c1cccc(F)c1)N1CCC(c2cnn(Cc3ccccc3)c2)=N1.O=C(c1cccc(F)c1)N1CCC(c2cnn(Cc3ccncc3)c2)=N1. The van der Waals surface area contributed by atoms with Crippen LogP contribution in [0.15, 0.2) is 269 Å². The molecule has 17 rings (SSSR count). The first kappa shape index (κ1) is 85.9. The van der Waals surface area contributed by atoms with Gasteiger partial charge in [0, 0.05) is 131 Å². The molecule has 5 aliphatic rings. The van der Waals surface area contributed by atoms with Crippen molar-refractivity contribution in [1.29, 1.82) is 0 Å². The maximum Gasteiger partial charge on any atom is 0.274 e. The van der Waals surface area contributed by atoms with Gasteiger partial charge in [-0.05, 0) is 139 Å². The lowest BCUT2D eigenvalue weighted by Crippen LogP contribution is -2.23. The number of hydrogen-bond acceptors (Lipinski definition) is 20. The molecule has 10 heterocycles. The summed E-state index contributed by atoms with van der Waals surface area (Å²) in [6.45, 7) is 3.57. The zero-order chi connectivity index (χ0) is 86.5. The number of benzene rings is 7. The number of methoxy groups -OCH3 is 5. The molecule has 12 aromatic rings. The Morgan fingerprint density at radius 1 is 0.358 bits per heavy atom. The summed E-state index contributed by atoms with van der Waals surface area (Å²) in [5.41, 5.74) is 11.6. The molecule has 626 valence electrons. The summed E-state index contributed by atoms with van der Waals surface area (Å²) in [6.07, 6.45) is 17.1. The van der Waals surface area contributed by atoms with Gasteiger partial charge in [-0.1, -0.05) is 72.3 Å². The number of hydrazone groups is 5. The van der Waals surface area contributed by atoms with E-state index in [1.165, 1.54) is 143 Å². The van der Waals surface area contributed by atoms with Crippen LogP contribution in [0, 0.1) is 29.1 Å². The van der Waals surface area contributed by atoms with Gasteiger partial charge >= 0.3 is 0 Å². The highest BCUT2D eigenvalue weighted by molar-refractivity contribution is 6.32. The Balaban J connectivity index is 0.000000133. The molecule has 0 spiro atoms. The molecule has 0 saturated carbocycles. The van der Waals surface area contributed by atoms with E-state index in [1.54, 1.807) is 99.9 Å². The van der Waals surface area contributed by atoms with Crippen molar-refractivity contribution in [2.75, 3.05) is 68.3 Å². The van der Waals surface area contributed by atoms with Gasteiger partial charge in [-0.2, -0.15) is 35.7 Å². The largest absolute Gasteiger partial charge is 0.493 e. The normalized spacial score (nSPS) is 13.7. The number of hydrogen-bond donors (Lipinski definition) is 0. The summed E-state index contributed by atoms with van der Waals surface area (Å²) in [4.78, 5) is 74.2. The highest BCUT2D eigenvalue weighted by atomic mass is 35.5. The second kappa shape index (κ2) is 40.7. The van der Waals surface area contributed by atoms with E-state index in [0.717, 1.165) is 50.5 Å². The van der Waals surface area contributed by atoms with E-state index in [4.69, 9.17) is 35.3 Å². The number of carbonyl (C=O) groups excluding carboxylic acids is 5. The van der Waals surface area contributed by atoms with Crippen LogP contribution >= 0.6 is 11.6 Å². The van der Waals surface area contributed by atoms with Crippen molar-refractivity contribution in [3.63, 3.8) is 0 Å². The molecule has 0 radical (unpaired) electrons. The summed E-state index contributed by atoms with van der Waals surface area (Å²) in [6, 6.07) is 50.8. The minimum absolute atomic E-state index is 0.259. The molecular weight excluding hydrogens is 1610 g/mol. The van der Waals surface area contributed by atoms with Gasteiger partial charge in [-0.3, -0.25) is 38.3 Å². The molecule has 0 atom stereocenters. The van der Waals surface area contributed by atoms with Gasteiger partial charge in [-0.25, -0.2) is 57.0 Å². The van der Waals surface area contributed by atoms with Gasteiger partial charge < -0.3 is 23.7 Å². The molecule has 5 aliphatic heterocycles. The van der Waals surface area contributed by atoms with E-state index in [2.05, 4.69) is 50.7 Å². The molecule has 0 fully saturated rings. The summed E-state index contributed by atoms with van der Waals surface area (Å²) in [5, 5.41) is 37.7. The van der Waals surface area contributed by atoms with Crippen LogP contribution in [0.1, 0.15) is 123 Å². The van der Waals surface area contributed by atoms with E-state index in [1.807, 2.05) is 76.4 Å². The fourth-order valence-electron chi connectivity index (χ4n) is 13.3. The fraction of sp³-hybridized carbons (Fsp3) is 0.189. The van der Waals surface area contributed by atoms with Crippen LogP contribution in [0.2, 0.25) is 5.02 Å². The standard InChI is InChI=1S/C20H17FN4O.C19H16FN5O.C19H19FN2O4.C16H13ClFN3O2.C16H14FN3O2/c21-18-8-4-7-16(11-18)20(26)25-10-9-19(23-25)17-12-22-24(14-17)13-15-5-2-1-3-6-15;20-17-3-1-2-15(10-17)19(26)25-9-6-18(23-25)16-11-22-24(13-16)12-14-4-7-21-8-5-14;1-24-16-8-7-14(17(25-2)18(16)26-3)15-9-10-22(21-15)19(23)12-5-4-6-13(20)11-12;1-23-15-13(17)8-11(9-19-15)14-5-6-21(20-14)16(22)10-3-2-4-12(18)7-10;1-22-15-10-11(5-7-18-15)14-6-8-20(19-14)16(21)12-3-2-4-13(17)9-12/h1-8,11-12,14H,9-10,13H2;1-5,7-8,10-11,13H,6,9,12H2;4-8,11H,9-10H2,1-3H3;2-4,7-9H,5-6H2,1H3;2-5,7,9-10H,6,8H2,1H3. The van der Waals surface area contributed by atoms with Crippen LogP contribution in [0.3, 0.4) is 0 Å². The number of pyridine rings is 3. The Morgan fingerprint density at radius 2 is 0.748 bits per heavy atom. The summed E-state index contributed by atoms with van der Waals surface area (Å²) >= 11 is 6.06. The van der Waals surface area contributed by atoms with Gasteiger partial charge in [0.15, 0.2) is 11.5 Å². The zero-order valence-corrected chi connectivity index (χ0v) is 67.8. The molecule has 33 heteroatoms. The van der Waals surface area contributed by atoms with Gasteiger partial charge in [0.25, 0.3) is 29.5 Å². The Labute approximate surface area is 707 Å². The van der Waals surface area contributed by atoms with Crippen molar-refractivity contribution in [2.45, 2.75) is 45.2 Å². The number of nitrogens with zero attached hydrogens (tertiary/aromatic N) is 17. The third-order valence-electron chi connectivity index (χ3n) is 19.4. The number of rotatable bonds is 19. The monoisotopic (exact) mass is 1690 g/mol. The van der Waals surface area contributed by atoms with Crippen LogP contribution < -0.4 is 23.7 Å². The van der Waals surface area contributed by atoms with Crippen LogP contribution in [0.5, 0.6) is 29.0 Å². The minimum atomic E-state index is -0.458. The molecule has 123 heavy (non-hydrogen) atoms. The average Bonchev–Trinajstić information content (AvgIpc) is 1.62. The van der Waals surface area contributed by atoms with Gasteiger partial charge in [0.05, 0.1) is 122 Å². The first-order chi connectivity index (χ1) is 59.7. The molecule has 0 aliphatic carbocycles. The third-order valence-corrected chi connectivity index (χ3v) is 19.7. The van der Waals surface area contributed by atoms with Crippen LogP contribution in [-0.2, 0) is 13.1 Å². The summed E-state index contributed by atoms with van der Waals surface area (Å²) in [5.74, 6) is -1.48. The first-order valence-corrected chi connectivity index (χ1v) is 38.8. The number of amides is 5. The Bertz CT molecular complexity index is 5860. The lowest BCUT2D eigenvalue weighted by atomic mass is 10.1.